The molecular weight excluding hydrogens is 84.1 g/mol. The third kappa shape index (κ3) is 0.229. The van der Waals surface area contributed by atoms with Crippen LogP contribution in [-0.2, 0) is 0 Å². The quantitative estimate of drug-likeness (QED) is 0.393. The second-order valence-corrected chi connectivity index (χ2v) is 2.71. The highest BCUT2D eigenvalue weighted by Gasteiger charge is 2.70. The van der Waals surface area contributed by atoms with E-state index < -0.39 is 0 Å². The van der Waals surface area contributed by atoms with Crippen molar-refractivity contribution in [2.24, 2.45) is 23.7 Å². The van der Waals surface area contributed by atoms with Crippen LogP contribution >= 0.6 is 0 Å². The summed E-state index contributed by atoms with van der Waals surface area (Å²) in [6.45, 7) is 2.28. The van der Waals surface area contributed by atoms with Gasteiger partial charge in [0, 0.05) is 5.92 Å². The maximum atomic E-state index is 5.17. The molecule has 2 aliphatic rings. The Balaban J connectivity index is 2.02. The molecular formula is C7H8. The lowest BCUT2D eigenvalue weighted by atomic mass is 10.1. The molecule has 2 aliphatic carbocycles. The van der Waals surface area contributed by atoms with Crippen LogP contribution in [0.15, 0.2) is 0 Å². The SMILES string of the molecule is C#CC1C2C(C)C12. The Morgan fingerprint density at radius 1 is 1.43 bits per heavy atom. The summed E-state index contributed by atoms with van der Waals surface area (Å²) in [5.74, 6) is 6.39. The van der Waals surface area contributed by atoms with E-state index in [9.17, 15) is 0 Å². The highest BCUT2D eigenvalue weighted by molar-refractivity contribution is 5.27. The van der Waals surface area contributed by atoms with Gasteiger partial charge in [-0.2, -0.15) is 0 Å². The highest BCUT2D eigenvalue weighted by Crippen LogP contribution is 2.72. The fraction of sp³-hybridized carbons (Fsp3) is 0.714. The van der Waals surface area contributed by atoms with Gasteiger partial charge in [-0.3, -0.25) is 0 Å². The maximum Gasteiger partial charge on any atom is 0.0268 e. The summed E-state index contributed by atoms with van der Waals surface area (Å²) < 4.78 is 0. The van der Waals surface area contributed by atoms with Crippen molar-refractivity contribution >= 4 is 0 Å². The minimum Gasteiger partial charge on any atom is -0.120 e. The molecule has 0 spiro atoms. The van der Waals surface area contributed by atoms with Gasteiger partial charge >= 0.3 is 0 Å². The molecule has 2 fully saturated rings. The molecule has 0 N–H and O–H groups in total. The number of hydrogen-bond acceptors (Lipinski definition) is 0. The minimum atomic E-state index is 0.704. The normalized spacial score (nSPS) is 62.9. The molecule has 0 heterocycles. The van der Waals surface area contributed by atoms with Crippen molar-refractivity contribution in [1.29, 1.82) is 0 Å². The van der Waals surface area contributed by atoms with Gasteiger partial charge in [0.25, 0.3) is 0 Å². The van der Waals surface area contributed by atoms with Crippen LogP contribution in [0.4, 0.5) is 0 Å². The Morgan fingerprint density at radius 3 is 2.14 bits per heavy atom. The lowest BCUT2D eigenvalue weighted by Crippen LogP contribution is -1.91. The van der Waals surface area contributed by atoms with Crippen LogP contribution in [0.5, 0.6) is 0 Å². The second-order valence-electron chi connectivity index (χ2n) is 2.71. The summed E-state index contributed by atoms with van der Waals surface area (Å²) in [5, 5.41) is 0. The molecule has 0 aliphatic heterocycles. The predicted molar refractivity (Wildman–Crippen MR) is 28.5 cm³/mol. The first-order valence-electron chi connectivity index (χ1n) is 2.82. The summed E-state index contributed by atoms with van der Waals surface area (Å²) in [6, 6.07) is 0. The molecule has 7 heavy (non-hydrogen) atoms. The van der Waals surface area contributed by atoms with E-state index in [0.29, 0.717) is 5.92 Å². The van der Waals surface area contributed by atoms with Crippen molar-refractivity contribution in [3.8, 4) is 12.3 Å². The van der Waals surface area contributed by atoms with Crippen molar-refractivity contribution in [3.05, 3.63) is 0 Å². The standard InChI is InChI=1S/C7H8/c1-3-5-6-4(2)7(5)6/h1,4-7H,2H3. The van der Waals surface area contributed by atoms with E-state index in [2.05, 4.69) is 12.8 Å². The molecule has 0 aromatic carbocycles. The molecule has 0 saturated heterocycles. The first kappa shape index (κ1) is 3.55. The van der Waals surface area contributed by atoms with Crippen molar-refractivity contribution in [2.75, 3.05) is 0 Å². The van der Waals surface area contributed by atoms with Gasteiger partial charge in [0.2, 0.25) is 0 Å². The molecule has 0 bridgehead atoms. The van der Waals surface area contributed by atoms with Gasteiger partial charge in [-0.1, -0.05) is 6.92 Å². The van der Waals surface area contributed by atoms with E-state index in [0.717, 1.165) is 17.8 Å². The molecule has 0 amide bonds. The lowest BCUT2D eigenvalue weighted by Gasteiger charge is -1.94. The first-order chi connectivity index (χ1) is 3.36. The van der Waals surface area contributed by atoms with E-state index in [-0.39, 0.29) is 0 Å². The van der Waals surface area contributed by atoms with E-state index >= 15 is 0 Å². The zero-order chi connectivity index (χ0) is 5.02. The van der Waals surface area contributed by atoms with E-state index in [1.807, 2.05) is 0 Å². The van der Waals surface area contributed by atoms with E-state index in [4.69, 9.17) is 6.42 Å². The van der Waals surface area contributed by atoms with Crippen LogP contribution < -0.4 is 0 Å². The van der Waals surface area contributed by atoms with Gasteiger partial charge in [-0.15, -0.1) is 12.3 Å². The van der Waals surface area contributed by atoms with Crippen LogP contribution in [0.2, 0.25) is 0 Å². The fourth-order valence-corrected chi connectivity index (χ4v) is 1.62. The third-order valence-electron chi connectivity index (χ3n) is 2.40. The highest BCUT2D eigenvalue weighted by atomic mass is 14.7. The Hall–Kier alpha value is -0.440. The summed E-state index contributed by atoms with van der Waals surface area (Å²) in [6.07, 6.45) is 5.17. The number of terminal acetylenes is 1. The summed E-state index contributed by atoms with van der Waals surface area (Å²) in [5.41, 5.74) is 0. The van der Waals surface area contributed by atoms with Gasteiger partial charge in [0.15, 0.2) is 0 Å². The van der Waals surface area contributed by atoms with Gasteiger partial charge in [0.1, 0.15) is 0 Å². The largest absolute Gasteiger partial charge is 0.120 e. The minimum absolute atomic E-state index is 0.704. The maximum absolute atomic E-state index is 5.17. The first-order valence-corrected chi connectivity index (χ1v) is 2.82. The summed E-state index contributed by atoms with van der Waals surface area (Å²) in [7, 11) is 0. The van der Waals surface area contributed by atoms with E-state index in [1.54, 1.807) is 0 Å². The molecule has 2 rings (SSSR count). The molecule has 2 saturated carbocycles. The Kier molecular flexibility index (Phi) is 0.371. The van der Waals surface area contributed by atoms with Gasteiger partial charge in [-0.05, 0) is 17.8 Å². The Bertz CT molecular complexity index is 131. The molecule has 0 radical (unpaired) electrons. The Labute approximate surface area is 43.9 Å². The topological polar surface area (TPSA) is 0 Å². The average molecular weight is 92.1 g/mol. The number of fused-ring (bicyclic) bond motifs is 1. The molecule has 0 aromatic heterocycles. The van der Waals surface area contributed by atoms with E-state index in [1.165, 1.54) is 0 Å². The van der Waals surface area contributed by atoms with Crippen molar-refractivity contribution in [3.63, 3.8) is 0 Å². The molecule has 0 aromatic rings. The van der Waals surface area contributed by atoms with Crippen LogP contribution in [0.3, 0.4) is 0 Å². The van der Waals surface area contributed by atoms with Gasteiger partial charge in [-0.25, -0.2) is 0 Å². The zero-order valence-electron chi connectivity index (χ0n) is 4.39. The van der Waals surface area contributed by atoms with Crippen molar-refractivity contribution in [1.82, 2.24) is 0 Å². The number of hydrogen-bond donors (Lipinski definition) is 0. The molecule has 0 heteroatoms. The monoisotopic (exact) mass is 92.1 g/mol. The van der Waals surface area contributed by atoms with Gasteiger partial charge in [0.05, 0.1) is 0 Å². The lowest BCUT2D eigenvalue weighted by molar-refractivity contribution is 0.597. The summed E-state index contributed by atoms with van der Waals surface area (Å²) >= 11 is 0. The van der Waals surface area contributed by atoms with Crippen LogP contribution in [0.1, 0.15) is 6.92 Å². The van der Waals surface area contributed by atoms with Crippen LogP contribution in [0, 0.1) is 36.0 Å². The number of rotatable bonds is 0. The molecule has 0 nitrogen and oxygen atoms in total. The van der Waals surface area contributed by atoms with Gasteiger partial charge < -0.3 is 0 Å². The smallest absolute Gasteiger partial charge is 0.0268 e. The van der Waals surface area contributed by atoms with Crippen LogP contribution in [0.25, 0.3) is 0 Å². The molecule has 36 valence electrons. The zero-order valence-corrected chi connectivity index (χ0v) is 4.39. The molecule has 2 atom stereocenters. The fourth-order valence-electron chi connectivity index (χ4n) is 1.62. The Morgan fingerprint density at radius 2 is 2.00 bits per heavy atom. The summed E-state index contributed by atoms with van der Waals surface area (Å²) in [4.78, 5) is 0. The predicted octanol–water partition coefficient (Wildman–Crippen LogP) is 1.13. The van der Waals surface area contributed by atoms with Crippen LogP contribution in [-0.4, -0.2) is 0 Å². The molecule has 2 unspecified atom stereocenters. The van der Waals surface area contributed by atoms with Crippen molar-refractivity contribution in [2.45, 2.75) is 6.92 Å². The average Bonchev–Trinajstić information content (AvgIpc) is 2.47. The second kappa shape index (κ2) is 0.733. The third-order valence-corrected chi connectivity index (χ3v) is 2.40. The van der Waals surface area contributed by atoms with Crippen molar-refractivity contribution < 1.29 is 0 Å².